The Balaban J connectivity index is 3.56. The van der Waals surface area contributed by atoms with Crippen molar-refractivity contribution >= 4 is 11.9 Å². The van der Waals surface area contributed by atoms with E-state index in [2.05, 4.69) is 13.8 Å². The lowest BCUT2D eigenvalue weighted by Crippen LogP contribution is -2.35. The number of rotatable bonds is 28. The Kier molecular flexibility index (Phi) is 27.0. The van der Waals surface area contributed by atoms with Gasteiger partial charge in [0.05, 0.1) is 13.2 Å². The van der Waals surface area contributed by atoms with Crippen LogP contribution in [0, 0.1) is 0 Å². The van der Waals surface area contributed by atoms with Gasteiger partial charge in [-0.3, -0.25) is 9.59 Å². The highest BCUT2D eigenvalue weighted by Gasteiger charge is 2.18. The fraction of sp³-hybridized carbons (Fsp3) is 0.935. The van der Waals surface area contributed by atoms with Crippen molar-refractivity contribution in [2.75, 3.05) is 13.2 Å². The third kappa shape index (κ3) is 24.9. The highest BCUT2D eigenvalue weighted by molar-refractivity contribution is 5.76. The molecule has 0 fully saturated rings. The number of unbranched alkanes of at least 4 members (excludes halogenated alkanes) is 18. The molecule has 37 heavy (non-hydrogen) atoms. The highest BCUT2D eigenvalue weighted by Crippen LogP contribution is 2.12. The topological polar surface area (TPSA) is 105 Å². The van der Waals surface area contributed by atoms with Crippen LogP contribution < -0.4 is 11.5 Å². The monoisotopic (exact) mass is 526 g/mol. The minimum Gasteiger partial charge on any atom is -0.465 e. The summed E-state index contributed by atoms with van der Waals surface area (Å²) in [7, 11) is 0. The largest absolute Gasteiger partial charge is 0.465 e. The van der Waals surface area contributed by atoms with Crippen molar-refractivity contribution in [1.29, 1.82) is 0 Å². The predicted octanol–water partition coefficient (Wildman–Crippen LogP) is 7.74. The summed E-state index contributed by atoms with van der Waals surface area (Å²) in [6, 6.07) is -1.31. The molecule has 0 radical (unpaired) electrons. The smallest absolute Gasteiger partial charge is 0.322 e. The van der Waals surface area contributed by atoms with Gasteiger partial charge in [0.2, 0.25) is 0 Å². The van der Waals surface area contributed by atoms with Crippen LogP contribution in [0.1, 0.15) is 162 Å². The van der Waals surface area contributed by atoms with Gasteiger partial charge < -0.3 is 20.9 Å². The molecule has 0 aliphatic heterocycles. The molecular weight excluding hydrogens is 464 g/mol. The molecule has 6 heteroatoms. The van der Waals surface area contributed by atoms with E-state index < -0.39 is 12.1 Å². The zero-order valence-corrected chi connectivity index (χ0v) is 24.6. The van der Waals surface area contributed by atoms with Gasteiger partial charge in [-0.2, -0.15) is 0 Å². The van der Waals surface area contributed by atoms with Gasteiger partial charge in [0.15, 0.2) is 0 Å². The Morgan fingerprint density at radius 2 is 0.730 bits per heavy atom. The molecule has 2 atom stereocenters. The maximum absolute atomic E-state index is 12.1. The summed E-state index contributed by atoms with van der Waals surface area (Å²) in [4.78, 5) is 24.1. The van der Waals surface area contributed by atoms with Gasteiger partial charge >= 0.3 is 11.9 Å². The first kappa shape index (κ1) is 35.9. The Morgan fingerprint density at radius 3 is 1.03 bits per heavy atom. The summed E-state index contributed by atoms with van der Waals surface area (Å²) < 4.78 is 10.6. The van der Waals surface area contributed by atoms with Crippen LogP contribution in [0.25, 0.3) is 0 Å². The third-order valence-corrected chi connectivity index (χ3v) is 7.12. The van der Waals surface area contributed by atoms with E-state index in [1.807, 2.05) is 0 Å². The Hall–Kier alpha value is -1.14. The van der Waals surface area contributed by atoms with E-state index in [0.717, 1.165) is 25.7 Å². The molecule has 0 aromatic heterocycles. The van der Waals surface area contributed by atoms with E-state index in [9.17, 15) is 9.59 Å². The second-order valence-electron chi connectivity index (χ2n) is 10.8. The number of nitrogens with two attached hydrogens (primary N) is 2. The zero-order valence-electron chi connectivity index (χ0n) is 24.6. The molecule has 0 heterocycles. The number of esters is 2. The van der Waals surface area contributed by atoms with Crippen molar-refractivity contribution in [2.45, 2.75) is 174 Å². The minimum absolute atomic E-state index is 0.354. The van der Waals surface area contributed by atoms with Gasteiger partial charge in [-0.25, -0.2) is 0 Å². The van der Waals surface area contributed by atoms with Crippen LogP contribution >= 0.6 is 0 Å². The van der Waals surface area contributed by atoms with Crippen molar-refractivity contribution in [2.24, 2.45) is 11.5 Å². The average molecular weight is 527 g/mol. The number of carbonyl (C=O) groups is 2. The molecule has 0 bridgehead atoms. The molecule has 6 nitrogen and oxygen atoms in total. The normalized spacial score (nSPS) is 12.9. The molecule has 2 unspecified atom stereocenters. The molecule has 0 aliphatic carbocycles. The lowest BCUT2D eigenvalue weighted by atomic mass is 10.1. The first-order valence-electron chi connectivity index (χ1n) is 15.9. The summed E-state index contributed by atoms with van der Waals surface area (Å²) in [6.45, 7) is 5.37. The summed E-state index contributed by atoms with van der Waals surface area (Å²) in [5, 5.41) is 0. The van der Waals surface area contributed by atoms with Gasteiger partial charge in [-0.15, -0.1) is 0 Å². The van der Waals surface area contributed by atoms with Crippen LogP contribution in [0.15, 0.2) is 0 Å². The molecule has 0 aromatic rings. The quantitative estimate of drug-likeness (QED) is 0.0798. The lowest BCUT2D eigenvalue weighted by Gasteiger charge is -2.14. The average Bonchev–Trinajstić information content (AvgIpc) is 2.89. The molecule has 4 N–H and O–H groups in total. The lowest BCUT2D eigenvalue weighted by molar-refractivity contribution is -0.145. The van der Waals surface area contributed by atoms with Crippen LogP contribution in [0.2, 0.25) is 0 Å². The molecule has 0 saturated heterocycles. The van der Waals surface area contributed by atoms with Gasteiger partial charge in [-0.05, 0) is 32.1 Å². The standard InChI is InChI=1S/C31H62N2O4/c1-3-5-7-9-11-13-15-17-19-21-26-36-30(34)28(32)24-23-25-29(33)31(35)37-27-22-20-18-16-14-12-10-8-6-4-2/h28-29H,3-27,32-33H2,1-2H3. The molecule has 220 valence electrons. The molecule has 0 aliphatic rings. The molecule has 0 spiro atoms. The zero-order chi connectivity index (χ0) is 27.4. The van der Waals surface area contributed by atoms with Crippen LogP contribution in [-0.4, -0.2) is 37.2 Å². The number of ether oxygens (including phenoxy) is 2. The summed E-state index contributed by atoms with van der Waals surface area (Å²) in [6.07, 6.45) is 26.5. The van der Waals surface area contributed by atoms with Crippen molar-refractivity contribution in [1.82, 2.24) is 0 Å². The molecule has 0 amide bonds. The second kappa shape index (κ2) is 27.9. The number of hydrogen-bond acceptors (Lipinski definition) is 6. The van der Waals surface area contributed by atoms with Crippen molar-refractivity contribution < 1.29 is 19.1 Å². The van der Waals surface area contributed by atoms with Crippen LogP contribution in [0.5, 0.6) is 0 Å². The van der Waals surface area contributed by atoms with E-state index in [0.29, 0.717) is 32.5 Å². The van der Waals surface area contributed by atoms with E-state index in [4.69, 9.17) is 20.9 Å². The van der Waals surface area contributed by atoms with E-state index in [1.165, 1.54) is 103 Å². The van der Waals surface area contributed by atoms with Crippen molar-refractivity contribution in [3.8, 4) is 0 Å². The van der Waals surface area contributed by atoms with Crippen molar-refractivity contribution in [3.05, 3.63) is 0 Å². The van der Waals surface area contributed by atoms with Crippen LogP contribution in [0.3, 0.4) is 0 Å². The fourth-order valence-corrected chi connectivity index (χ4v) is 4.53. The molecular formula is C31H62N2O4. The molecule has 0 saturated carbocycles. The second-order valence-corrected chi connectivity index (χ2v) is 10.8. The van der Waals surface area contributed by atoms with Crippen LogP contribution in [-0.2, 0) is 19.1 Å². The Bertz CT molecular complexity index is 471. The van der Waals surface area contributed by atoms with E-state index in [1.54, 1.807) is 0 Å². The number of carbonyl (C=O) groups excluding carboxylic acids is 2. The van der Waals surface area contributed by atoms with E-state index >= 15 is 0 Å². The maximum atomic E-state index is 12.1. The third-order valence-electron chi connectivity index (χ3n) is 7.12. The van der Waals surface area contributed by atoms with Crippen LogP contribution in [0.4, 0.5) is 0 Å². The Labute approximate surface area is 229 Å². The maximum Gasteiger partial charge on any atom is 0.322 e. The summed E-state index contributed by atoms with van der Waals surface area (Å²) in [5.74, 6) is -0.707. The fourth-order valence-electron chi connectivity index (χ4n) is 4.53. The first-order valence-corrected chi connectivity index (χ1v) is 15.9. The summed E-state index contributed by atoms with van der Waals surface area (Å²) >= 11 is 0. The Morgan fingerprint density at radius 1 is 0.459 bits per heavy atom. The van der Waals surface area contributed by atoms with Gasteiger partial charge in [0, 0.05) is 0 Å². The first-order chi connectivity index (χ1) is 18.0. The summed E-state index contributed by atoms with van der Waals surface area (Å²) in [5.41, 5.74) is 11.9. The van der Waals surface area contributed by atoms with Gasteiger partial charge in [-0.1, -0.05) is 129 Å². The van der Waals surface area contributed by atoms with Crippen molar-refractivity contribution in [3.63, 3.8) is 0 Å². The SMILES string of the molecule is CCCCCCCCCCCCOC(=O)C(N)CCCC(N)C(=O)OCCCCCCCCCCCC. The van der Waals surface area contributed by atoms with E-state index in [-0.39, 0.29) is 11.9 Å². The van der Waals surface area contributed by atoms with Gasteiger partial charge in [0.1, 0.15) is 12.1 Å². The highest BCUT2D eigenvalue weighted by atomic mass is 16.5. The van der Waals surface area contributed by atoms with Gasteiger partial charge in [0.25, 0.3) is 0 Å². The minimum atomic E-state index is -0.655. The number of hydrogen-bond donors (Lipinski definition) is 2. The predicted molar refractivity (Wildman–Crippen MR) is 155 cm³/mol. The molecule has 0 aromatic carbocycles. The molecule has 0 rings (SSSR count).